The minimum atomic E-state index is -0.362. The number of ether oxygens (including phenoxy) is 1. The first kappa shape index (κ1) is 12.9. The van der Waals surface area contributed by atoms with Gasteiger partial charge in [-0.1, -0.05) is 30.3 Å². The molecule has 1 aliphatic carbocycles. The normalized spacial score (nSPS) is 21.7. The van der Waals surface area contributed by atoms with Gasteiger partial charge in [-0.05, 0) is 19.0 Å². The van der Waals surface area contributed by atoms with Gasteiger partial charge in [-0.15, -0.1) is 0 Å². The van der Waals surface area contributed by atoms with E-state index in [0.29, 0.717) is 18.5 Å². The van der Waals surface area contributed by atoms with Crippen molar-refractivity contribution in [2.75, 3.05) is 27.2 Å². The van der Waals surface area contributed by atoms with Crippen LogP contribution >= 0.6 is 0 Å². The van der Waals surface area contributed by atoms with E-state index in [0.717, 1.165) is 6.54 Å². The molecule has 0 aliphatic heterocycles. The fourth-order valence-corrected chi connectivity index (χ4v) is 2.30. The van der Waals surface area contributed by atoms with Gasteiger partial charge in [0.25, 0.3) is 0 Å². The van der Waals surface area contributed by atoms with Gasteiger partial charge in [0.1, 0.15) is 0 Å². The summed E-state index contributed by atoms with van der Waals surface area (Å²) in [6, 6.07) is 11.2. The Morgan fingerprint density at radius 3 is 2.83 bits per heavy atom. The maximum atomic E-state index is 10.9. The second-order valence-electron chi connectivity index (χ2n) is 4.72. The Labute approximate surface area is 108 Å². The molecule has 1 saturated carbocycles. The summed E-state index contributed by atoms with van der Waals surface area (Å²) in [4.78, 5) is 13.2. The molecule has 98 valence electrons. The first-order valence-electron chi connectivity index (χ1n) is 6.29. The Hall–Kier alpha value is -1.55. The van der Waals surface area contributed by atoms with E-state index >= 15 is 0 Å². The number of hydrogen-bond donors (Lipinski definition) is 1. The van der Waals surface area contributed by atoms with Gasteiger partial charge < -0.3 is 15.0 Å². The highest BCUT2D eigenvalue weighted by atomic mass is 16.5. The third kappa shape index (κ3) is 3.23. The first-order valence-corrected chi connectivity index (χ1v) is 6.29. The molecular formula is C14H20N2O2. The summed E-state index contributed by atoms with van der Waals surface area (Å²) in [7, 11) is 3.48. The van der Waals surface area contributed by atoms with Crippen molar-refractivity contribution >= 4 is 6.09 Å². The molecule has 1 amide bonds. The zero-order valence-electron chi connectivity index (χ0n) is 10.9. The third-order valence-corrected chi connectivity index (χ3v) is 3.47. The van der Waals surface area contributed by atoms with Gasteiger partial charge in [0, 0.05) is 25.0 Å². The number of amides is 1. The lowest BCUT2D eigenvalue weighted by Gasteiger charge is -2.16. The second-order valence-corrected chi connectivity index (χ2v) is 4.72. The first-order chi connectivity index (χ1) is 8.72. The highest BCUT2D eigenvalue weighted by molar-refractivity contribution is 5.66. The van der Waals surface area contributed by atoms with E-state index in [1.165, 1.54) is 19.1 Å². The summed E-state index contributed by atoms with van der Waals surface area (Å²) >= 11 is 0. The molecule has 0 aromatic heterocycles. The van der Waals surface area contributed by atoms with Crippen LogP contribution in [0.25, 0.3) is 0 Å². The topological polar surface area (TPSA) is 41.6 Å². The molecule has 1 aromatic carbocycles. The largest absolute Gasteiger partial charge is 0.453 e. The van der Waals surface area contributed by atoms with Gasteiger partial charge >= 0.3 is 6.09 Å². The van der Waals surface area contributed by atoms with Crippen LogP contribution in [0.2, 0.25) is 0 Å². The van der Waals surface area contributed by atoms with Crippen molar-refractivity contribution in [3.8, 4) is 0 Å². The summed E-state index contributed by atoms with van der Waals surface area (Å²) in [5, 5.41) is 2.70. The van der Waals surface area contributed by atoms with Gasteiger partial charge in [-0.25, -0.2) is 4.79 Å². The summed E-state index contributed by atoms with van der Waals surface area (Å²) in [6.07, 6.45) is 0.845. The van der Waals surface area contributed by atoms with Gasteiger partial charge in [0.05, 0.1) is 7.11 Å². The molecule has 4 nitrogen and oxygen atoms in total. The van der Waals surface area contributed by atoms with Crippen molar-refractivity contribution in [1.29, 1.82) is 0 Å². The molecule has 2 atom stereocenters. The molecule has 2 unspecified atom stereocenters. The van der Waals surface area contributed by atoms with E-state index < -0.39 is 0 Å². The van der Waals surface area contributed by atoms with E-state index in [9.17, 15) is 4.79 Å². The maximum Gasteiger partial charge on any atom is 0.406 e. The lowest BCUT2D eigenvalue weighted by molar-refractivity contribution is 0.169. The van der Waals surface area contributed by atoms with E-state index in [4.69, 9.17) is 0 Å². The van der Waals surface area contributed by atoms with Crippen molar-refractivity contribution in [1.82, 2.24) is 10.2 Å². The third-order valence-electron chi connectivity index (χ3n) is 3.47. The van der Waals surface area contributed by atoms with Crippen molar-refractivity contribution in [2.24, 2.45) is 0 Å². The van der Waals surface area contributed by atoms with Crippen LogP contribution in [-0.2, 0) is 4.74 Å². The molecule has 0 bridgehead atoms. The van der Waals surface area contributed by atoms with Gasteiger partial charge in [-0.2, -0.15) is 0 Å². The maximum absolute atomic E-state index is 10.9. The van der Waals surface area contributed by atoms with E-state index in [1.807, 2.05) is 6.07 Å². The molecule has 0 heterocycles. The molecule has 1 aliphatic rings. The van der Waals surface area contributed by atoms with Crippen LogP contribution in [0.1, 0.15) is 17.9 Å². The van der Waals surface area contributed by atoms with Crippen molar-refractivity contribution in [3.63, 3.8) is 0 Å². The highest BCUT2D eigenvalue weighted by Gasteiger charge is 2.40. The predicted octanol–water partition coefficient (Wildman–Crippen LogP) is 1.83. The molecule has 2 rings (SSSR count). The number of alkyl carbamates (subject to hydrolysis) is 1. The number of rotatable bonds is 5. The second kappa shape index (κ2) is 5.87. The van der Waals surface area contributed by atoms with E-state index in [2.05, 4.69) is 46.3 Å². The Balaban J connectivity index is 1.73. The lowest BCUT2D eigenvalue weighted by Crippen LogP contribution is -2.34. The number of likely N-dealkylation sites (N-methyl/N-ethyl adjacent to an activating group) is 1. The number of carbonyl (C=O) groups is 1. The van der Waals surface area contributed by atoms with Crippen LogP contribution in [0.4, 0.5) is 4.79 Å². The molecular weight excluding hydrogens is 228 g/mol. The van der Waals surface area contributed by atoms with Gasteiger partial charge in [0.15, 0.2) is 0 Å². The minimum Gasteiger partial charge on any atom is -0.453 e. The van der Waals surface area contributed by atoms with Crippen LogP contribution in [0, 0.1) is 0 Å². The monoisotopic (exact) mass is 248 g/mol. The SMILES string of the molecule is COC(=O)NCCN(C)C1CC1c1ccccc1. The predicted molar refractivity (Wildman–Crippen MR) is 70.6 cm³/mol. The standard InChI is InChI=1S/C14H20N2O2/c1-16(9-8-15-14(17)18-2)13-10-12(13)11-6-4-3-5-7-11/h3-7,12-13H,8-10H2,1-2H3,(H,15,17). The zero-order valence-corrected chi connectivity index (χ0v) is 10.9. The molecule has 1 aromatic rings. The van der Waals surface area contributed by atoms with Crippen LogP contribution in [-0.4, -0.2) is 44.3 Å². The molecule has 0 radical (unpaired) electrons. The van der Waals surface area contributed by atoms with Crippen LogP contribution < -0.4 is 5.32 Å². The average Bonchev–Trinajstić information content (AvgIpc) is 3.19. The van der Waals surface area contributed by atoms with Crippen molar-refractivity contribution < 1.29 is 9.53 Å². The molecule has 18 heavy (non-hydrogen) atoms. The Bertz CT molecular complexity index is 394. The smallest absolute Gasteiger partial charge is 0.406 e. The van der Waals surface area contributed by atoms with Crippen molar-refractivity contribution in [3.05, 3.63) is 35.9 Å². The molecule has 1 N–H and O–H groups in total. The lowest BCUT2D eigenvalue weighted by atomic mass is 10.1. The fourth-order valence-electron chi connectivity index (χ4n) is 2.30. The summed E-state index contributed by atoms with van der Waals surface area (Å²) in [5.74, 6) is 0.648. The zero-order chi connectivity index (χ0) is 13.0. The van der Waals surface area contributed by atoms with Gasteiger partial charge in [0.2, 0.25) is 0 Å². The number of nitrogens with one attached hydrogen (secondary N) is 1. The summed E-state index contributed by atoms with van der Waals surface area (Å²) < 4.78 is 4.53. The molecule has 1 fully saturated rings. The Morgan fingerprint density at radius 2 is 2.17 bits per heavy atom. The van der Waals surface area contributed by atoms with Gasteiger partial charge in [-0.3, -0.25) is 0 Å². The fraction of sp³-hybridized carbons (Fsp3) is 0.500. The quantitative estimate of drug-likeness (QED) is 0.864. The average molecular weight is 248 g/mol. The van der Waals surface area contributed by atoms with Crippen LogP contribution in [0.5, 0.6) is 0 Å². The number of methoxy groups -OCH3 is 1. The summed E-state index contributed by atoms with van der Waals surface area (Å²) in [6.45, 7) is 1.48. The summed E-state index contributed by atoms with van der Waals surface area (Å²) in [5.41, 5.74) is 1.41. The van der Waals surface area contributed by atoms with E-state index in [-0.39, 0.29) is 6.09 Å². The number of carbonyl (C=O) groups excluding carboxylic acids is 1. The number of hydrogen-bond acceptors (Lipinski definition) is 3. The molecule has 0 saturated heterocycles. The number of benzene rings is 1. The Morgan fingerprint density at radius 1 is 1.44 bits per heavy atom. The van der Waals surface area contributed by atoms with Crippen LogP contribution in [0.15, 0.2) is 30.3 Å². The van der Waals surface area contributed by atoms with Crippen LogP contribution in [0.3, 0.4) is 0 Å². The highest BCUT2D eigenvalue weighted by Crippen LogP contribution is 2.43. The number of nitrogens with zero attached hydrogens (tertiary/aromatic N) is 1. The molecule has 4 heteroatoms. The van der Waals surface area contributed by atoms with E-state index in [1.54, 1.807) is 0 Å². The van der Waals surface area contributed by atoms with Crippen molar-refractivity contribution in [2.45, 2.75) is 18.4 Å². The minimum absolute atomic E-state index is 0.362. The Kier molecular flexibility index (Phi) is 4.20. The molecule has 0 spiro atoms.